The van der Waals surface area contributed by atoms with E-state index >= 15 is 0 Å². The third-order valence-corrected chi connectivity index (χ3v) is 5.14. The monoisotopic (exact) mass is 396 g/mol. The fraction of sp³-hybridized carbons (Fsp3) is 0.250. The number of thioether (sulfide) groups is 1. The summed E-state index contributed by atoms with van der Waals surface area (Å²) in [6.45, 7) is 3.96. The van der Waals surface area contributed by atoms with Crippen molar-refractivity contribution in [1.82, 2.24) is 19.5 Å². The first-order chi connectivity index (χ1) is 11.8. The Kier molecular flexibility index (Phi) is 4.90. The summed E-state index contributed by atoms with van der Waals surface area (Å²) < 4.78 is 1.34. The van der Waals surface area contributed by atoms with Gasteiger partial charge in [-0.05, 0) is 24.3 Å². The van der Waals surface area contributed by atoms with Gasteiger partial charge in [0.25, 0.3) is 5.56 Å². The van der Waals surface area contributed by atoms with E-state index in [1.165, 1.54) is 22.4 Å². The zero-order chi connectivity index (χ0) is 18.3. The Labute approximate surface area is 157 Å². The molecule has 0 radical (unpaired) electrons. The third-order valence-electron chi connectivity index (χ3n) is 3.70. The fourth-order valence-electron chi connectivity index (χ4n) is 2.58. The molecule has 3 rings (SSSR count). The first-order valence-corrected chi connectivity index (χ1v) is 9.37. The minimum Gasteiger partial charge on any atom is -0.273 e. The third kappa shape index (κ3) is 3.07. The van der Waals surface area contributed by atoms with Gasteiger partial charge in [-0.3, -0.25) is 14.8 Å². The topological polar surface area (TPSA) is 80.6 Å². The Morgan fingerprint density at radius 3 is 2.64 bits per heavy atom. The maximum absolute atomic E-state index is 12.6. The van der Waals surface area contributed by atoms with Crippen LogP contribution in [-0.4, -0.2) is 25.8 Å². The number of hydrogen-bond acceptors (Lipinski definition) is 5. The molecule has 0 atom stereocenters. The zero-order valence-corrected chi connectivity index (χ0v) is 16.0. The number of hydrogen-bond donors (Lipinski definition) is 1. The van der Waals surface area contributed by atoms with E-state index in [9.17, 15) is 9.59 Å². The maximum atomic E-state index is 12.6. The van der Waals surface area contributed by atoms with E-state index in [1.54, 1.807) is 6.20 Å². The van der Waals surface area contributed by atoms with Gasteiger partial charge >= 0.3 is 5.69 Å². The van der Waals surface area contributed by atoms with E-state index in [-0.39, 0.29) is 27.1 Å². The molecule has 0 unspecified atom stereocenters. The van der Waals surface area contributed by atoms with Crippen LogP contribution in [0.1, 0.15) is 25.5 Å². The summed E-state index contributed by atoms with van der Waals surface area (Å²) in [5.74, 6) is 0.0544. The molecule has 0 bridgehead atoms. The number of rotatable bonds is 3. The highest BCUT2D eigenvalue weighted by molar-refractivity contribution is 7.98. The van der Waals surface area contributed by atoms with Gasteiger partial charge in [-0.25, -0.2) is 14.3 Å². The number of nitrogens with one attached hydrogen (secondary N) is 1. The number of fused-ring (bicyclic) bond motifs is 1. The van der Waals surface area contributed by atoms with Crippen molar-refractivity contribution in [2.45, 2.75) is 24.7 Å². The van der Waals surface area contributed by atoms with Crippen LogP contribution in [0.4, 0.5) is 0 Å². The van der Waals surface area contributed by atoms with Crippen molar-refractivity contribution in [1.29, 1.82) is 0 Å². The summed E-state index contributed by atoms with van der Waals surface area (Å²) >= 11 is 13.5. The molecule has 0 spiro atoms. The van der Waals surface area contributed by atoms with Crippen LogP contribution in [0.15, 0.2) is 32.8 Å². The second kappa shape index (κ2) is 6.82. The average molecular weight is 397 g/mol. The molecule has 3 aromatic rings. The van der Waals surface area contributed by atoms with Gasteiger partial charge in [-0.15, -0.1) is 11.8 Å². The quantitative estimate of drug-likeness (QED) is 0.539. The van der Waals surface area contributed by atoms with Gasteiger partial charge in [-0.1, -0.05) is 37.0 Å². The molecule has 9 heteroatoms. The number of halogens is 2. The SMILES string of the molecule is CSc1ccnc(C(C)C)c1-n1c(=O)[nH]c(=O)c2cc(Cl)c(Cl)nc21. The first kappa shape index (κ1) is 18.0. The highest BCUT2D eigenvalue weighted by Crippen LogP contribution is 2.31. The van der Waals surface area contributed by atoms with E-state index in [2.05, 4.69) is 15.0 Å². The number of aromatic amines is 1. The van der Waals surface area contributed by atoms with Gasteiger partial charge in [0.15, 0.2) is 5.65 Å². The van der Waals surface area contributed by atoms with Gasteiger partial charge < -0.3 is 0 Å². The van der Waals surface area contributed by atoms with E-state index in [0.29, 0.717) is 5.69 Å². The van der Waals surface area contributed by atoms with Crippen LogP contribution < -0.4 is 11.2 Å². The lowest BCUT2D eigenvalue weighted by atomic mass is 10.1. The molecule has 0 saturated heterocycles. The summed E-state index contributed by atoms with van der Waals surface area (Å²) in [4.78, 5) is 36.6. The smallest absolute Gasteiger partial charge is 0.273 e. The Morgan fingerprint density at radius 2 is 2.00 bits per heavy atom. The van der Waals surface area contributed by atoms with Gasteiger partial charge in [-0.2, -0.15) is 0 Å². The predicted molar refractivity (Wildman–Crippen MR) is 102 cm³/mol. The van der Waals surface area contributed by atoms with Crippen molar-refractivity contribution >= 4 is 46.0 Å². The highest BCUT2D eigenvalue weighted by Gasteiger charge is 2.20. The summed E-state index contributed by atoms with van der Waals surface area (Å²) in [5, 5.41) is 0.346. The minimum absolute atomic E-state index is 0.0219. The first-order valence-electron chi connectivity index (χ1n) is 7.39. The number of H-pyrrole nitrogens is 1. The van der Waals surface area contributed by atoms with E-state index in [4.69, 9.17) is 23.2 Å². The molecule has 6 nitrogen and oxygen atoms in total. The molecule has 1 N–H and O–H groups in total. The van der Waals surface area contributed by atoms with Crippen LogP contribution in [0, 0.1) is 0 Å². The van der Waals surface area contributed by atoms with Crippen molar-refractivity contribution < 1.29 is 0 Å². The van der Waals surface area contributed by atoms with Gasteiger partial charge in [0.05, 0.1) is 21.8 Å². The van der Waals surface area contributed by atoms with Crippen LogP contribution in [-0.2, 0) is 0 Å². The van der Waals surface area contributed by atoms with Crippen LogP contribution in [0.25, 0.3) is 16.7 Å². The van der Waals surface area contributed by atoms with Crippen molar-refractivity contribution in [3.8, 4) is 5.69 Å². The second-order valence-electron chi connectivity index (χ2n) is 5.63. The highest BCUT2D eigenvalue weighted by atomic mass is 35.5. The zero-order valence-electron chi connectivity index (χ0n) is 13.6. The largest absolute Gasteiger partial charge is 0.334 e. The number of pyridine rings is 2. The molecule has 130 valence electrons. The standard InChI is InChI=1S/C16H14Cl2N4O2S/c1-7(2)11-12(10(25-3)4-5-19-11)22-14-8(15(23)21-16(22)24)6-9(17)13(18)20-14/h4-7H,1-3H3,(H,21,23,24). The summed E-state index contributed by atoms with van der Waals surface area (Å²) in [5.41, 5.74) is 0.280. The summed E-state index contributed by atoms with van der Waals surface area (Å²) in [7, 11) is 0. The summed E-state index contributed by atoms with van der Waals surface area (Å²) in [6, 6.07) is 3.22. The Hall–Kier alpha value is -1.83. The molecular weight excluding hydrogens is 383 g/mol. The molecule has 0 amide bonds. The van der Waals surface area contributed by atoms with Crippen molar-refractivity contribution in [3.05, 3.63) is 55.0 Å². The van der Waals surface area contributed by atoms with Crippen molar-refractivity contribution in [3.63, 3.8) is 0 Å². The van der Waals surface area contributed by atoms with Crippen LogP contribution in [0.2, 0.25) is 10.2 Å². The normalized spacial score (nSPS) is 11.4. The van der Waals surface area contributed by atoms with Gasteiger partial charge in [0.1, 0.15) is 5.15 Å². The summed E-state index contributed by atoms with van der Waals surface area (Å²) in [6.07, 6.45) is 3.60. The van der Waals surface area contributed by atoms with Crippen molar-refractivity contribution in [2.24, 2.45) is 0 Å². The van der Waals surface area contributed by atoms with E-state index < -0.39 is 11.2 Å². The number of nitrogens with zero attached hydrogens (tertiary/aromatic N) is 3. The Balaban J connectivity index is 2.56. The number of aromatic nitrogens is 4. The molecule has 3 aromatic heterocycles. The molecular formula is C16H14Cl2N4O2S. The molecule has 0 aromatic carbocycles. The Bertz CT molecular complexity index is 1090. The molecule has 25 heavy (non-hydrogen) atoms. The lowest BCUT2D eigenvalue weighted by molar-refractivity contribution is 0.782. The van der Waals surface area contributed by atoms with Crippen LogP contribution in [0.3, 0.4) is 0 Å². The maximum Gasteiger partial charge on any atom is 0.334 e. The lowest BCUT2D eigenvalue weighted by Crippen LogP contribution is -2.31. The van der Waals surface area contributed by atoms with E-state index in [0.717, 1.165) is 10.6 Å². The van der Waals surface area contributed by atoms with Crippen molar-refractivity contribution in [2.75, 3.05) is 6.26 Å². The fourth-order valence-corrected chi connectivity index (χ4v) is 3.45. The van der Waals surface area contributed by atoms with E-state index in [1.807, 2.05) is 26.2 Å². The molecule has 0 aliphatic heterocycles. The second-order valence-corrected chi connectivity index (χ2v) is 7.24. The van der Waals surface area contributed by atoms with Gasteiger partial charge in [0.2, 0.25) is 0 Å². The van der Waals surface area contributed by atoms with Crippen LogP contribution >= 0.6 is 35.0 Å². The van der Waals surface area contributed by atoms with Crippen LogP contribution in [0.5, 0.6) is 0 Å². The average Bonchev–Trinajstić information content (AvgIpc) is 2.56. The minimum atomic E-state index is -0.603. The lowest BCUT2D eigenvalue weighted by Gasteiger charge is -2.18. The predicted octanol–water partition coefficient (Wildman–Crippen LogP) is 3.62. The molecule has 0 fully saturated rings. The molecule has 0 saturated carbocycles. The molecule has 0 aliphatic carbocycles. The Morgan fingerprint density at radius 1 is 1.28 bits per heavy atom. The molecule has 0 aliphatic rings. The van der Waals surface area contributed by atoms with Gasteiger partial charge in [0, 0.05) is 11.1 Å². The molecule has 3 heterocycles.